The molecule has 1 aromatic heterocycles. The Morgan fingerprint density at radius 2 is 2.32 bits per heavy atom. The van der Waals surface area contributed by atoms with Crippen LogP contribution >= 0.6 is 39.0 Å². The number of aromatic nitrogens is 1. The van der Waals surface area contributed by atoms with E-state index >= 15 is 0 Å². The SMILES string of the molecule is CCCNC(C)c1ccc(Br)cc1Sc1nccs1. The van der Waals surface area contributed by atoms with E-state index in [0.29, 0.717) is 6.04 Å². The third-order valence-corrected chi connectivity index (χ3v) is 5.20. The van der Waals surface area contributed by atoms with Gasteiger partial charge in [-0.1, -0.05) is 40.7 Å². The zero-order valence-electron chi connectivity index (χ0n) is 11.0. The number of nitrogens with zero attached hydrogens (tertiary/aromatic N) is 1. The summed E-state index contributed by atoms with van der Waals surface area (Å²) in [6.45, 7) is 5.44. The molecule has 0 aliphatic carbocycles. The second-order valence-corrected chi connectivity index (χ2v) is 7.36. The van der Waals surface area contributed by atoms with Crippen molar-refractivity contribution in [1.82, 2.24) is 10.3 Å². The van der Waals surface area contributed by atoms with Gasteiger partial charge in [-0.05, 0) is 37.6 Å². The fraction of sp³-hybridized carbons (Fsp3) is 0.357. The first-order valence-electron chi connectivity index (χ1n) is 6.31. The first-order chi connectivity index (χ1) is 9.20. The summed E-state index contributed by atoms with van der Waals surface area (Å²) in [5.41, 5.74) is 1.33. The van der Waals surface area contributed by atoms with Gasteiger partial charge in [-0.15, -0.1) is 11.3 Å². The monoisotopic (exact) mass is 356 g/mol. The minimum Gasteiger partial charge on any atom is -0.310 e. The molecule has 0 spiro atoms. The second kappa shape index (κ2) is 7.43. The van der Waals surface area contributed by atoms with E-state index in [9.17, 15) is 0 Å². The van der Waals surface area contributed by atoms with E-state index in [4.69, 9.17) is 0 Å². The average molecular weight is 357 g/mol. The van der Waals surface area contributed by atoms with Crippen LogP contribution in [0.1, 0.15) is 31.9 Å². The number of benzene rings is 1. The second-order valence-electron chi connectivity index (χ2n) is 4.26. The van der Waals surface area contributed by atoms with E-state index in [0.717, 1.165) is 21.8 Å². The molecule has 0 fully saturated rings. The maximum atomic E-state index is 4.35. The zero-order chi connectivity index (χ0) is 13.7. The molecule has 1 atom stereocenters. The van der Waals surface area contributed by atoms with Gasteiger partial charge in [-0.2, -0.15) is 0 Å². The van der Waals surface area contributed by atoms with Crippen molar-refractivity contribution < 1.29 is 0 Å². The fourth-order valence-corrected chi connectivity index (χ4v) is 4.13. The normalized spacial score (nSPS) is 12.6. The molecule has 0 saturated carbocycles. The van der Waals surface area contributed by atoms with Crippen LogP contribution in [-0.4, -0.2) is 11.5 Å². The molecule has 1 heterocycles. The number of thiazole rings is 1. The summed E-state index contributed by atoms with van der Waals surface area (Å²) in [5.74, 6) is 0. The van der Waals surface area contributed by atoms with Crippen LogP contribution < -0.4 is 5.32 Å². The van der Waals surface area contributed by atoms with Gasteiger partial charge in [0.15, 0.2) is 4.34 Å². The maximum absolute atomic E-state index is 4.35. The highest BCUT2D eigenvalue weighted by Gasteiger charge is 2.12. The molecule has 0 saturated heterocycles. The maximum Gasteiger partial charge on any atom is 0.154 e. The number of nitrogens with one attached hydrogen (secondary N) is 1. The summed E-state index contributed by atoms with van der Waals surface area (Å²) in [4.78, 5) is 5.61. The quantitative estimate of drug-likeness (QED) is 0.777. The molecule has 2 nitrogen and oxygen atoms in total. The van der Waals surface area contributed by atoms with Crippen LogP contribution in [0.4, 0.5) is 0 Å². The molecular formula is C14H17BrN2S2. The van der Waals surface area contributed by atoms with Crippen molar-refractivity contribution in [1.29, 1.82) is 0 Å². The summed E-state index contributed by atoms with van der Waals surface area (Å²) < 4.78 is 2.19. The smallest absolute Gasteiger partial charge is 0.154 e. The molecule has 2 aromatic rings. The molecule has 0 aliphatic heterocycles. The van der Waals surface area contributed by atoms with Gasteiger partial charge in [0.2, 0.25) is 0 Å². The first kappa shape index (κ1) is 15.0. The molecule has 1 N–H and O–H groups in total. The van der Waals surface area contributed by atoms with Gasteiger partial charge in [-0.3, -0.25) is 0 Å². The standard InChI is InChI=1S/C14H17BrN2S2/c1-3-6-16-10(2)12-5-4-11(15)9-13(12)19-14-17-7-8-18-14/h4-5,7-10,16H,3,6H2,1-2H3. The lowest BCUT2D eigenvalue weighted by Crippen LogP contribution is -2.19. The van der Waals surface area contributed by atoms with E-state index in [1.54, 1.807) is 23.1 Å². The van der Waals surface area contributed by atoms with E-state index in [1.165, 1.54) is 10.5 Å². The van der Waals surface area contributed by atoms with Crippen LogP contribution in [0.5, 0.6) is 0 Å². The van der Waals surface area contributed by atoms with Crippen LogP contribution in [0.2, 0.25) is 0 Å². The summed E-state index contributed by atoms with van der Waals surface area (Å²) in [6, 6.07) is 6.82. The number of hydrogen-bond acceptors (Lipinski definition) is 4. The average Bonchev–Trinajstić information content (AvgIpc) is 2.89. The van der Waals surface area contributed by atoms with Crippen molar-refractivity contribution in [3.63, 3.8) is 0 Å². The number of halogens is 1. The van der Waals surface area contributed by atoms with Gasteiger partial charge in [0.1, 0.15) is 0 Å². The number of rotatable bonds is 6. The lowest BCUT2D eigenvalue weighted by Gasteiger charge is -2.17. The Bertz CT molecular complexity index is 514. The van der Waals surface area contributed by atoms with Gasteiger partial charge in [0, 0.05) is 27.0 Å². The topological polar surface area (TPSA) is 24.9 Å². The van der Waals surface area contributed by atoms with E-state index in [-0.39, 0.29) is 0 Å². The third kappa shape index (κ3) is 4.31. The van der Waals surface area contributed by atoms with Gasteiger partial charge < -0.3 is 5.32 Å². The molecule has 0 amide bonds. The Labute approximate surface area is 131 Å². The predicted molar refractivity (Wildman–Crippen MR) is 87.1 cm³/mol. The van der Waals surface area contributed by atoms with Crippen LogP contribution in [0.3, 0.4) is 0 Å². The highest BCUT2D eigenvalue weighted by atomic mass is 79.9. The summed E-state index contributed by atoms with van der Waals surface area (Å²) in [5, 5.41) is 5.56. The van der Waals surface area contributed by atoms with E-state index < -0.39 is 0 Å². The van der Waals surface area contributed by atoms with Crippen LogP contribution in [-0.2, 0) is 0 Å². The van der Waals surface area contributed by atoms with Crippen molar-refractivity contribution in [2.75, 3.05) is 6.54 Å². The van der Waals surface area contributed by atoms with Gasteiger partial charge in [-0.25, -0.2) is 4.98 Å². The highest BCUT2D eigenvalue weighted by Crippen LogP contribution is 2.36. The summed E-state index contributed by atoms with van der Waals surface area (Å²) in [7, 11) is 0. The molecule has 5 heteroatoms. The minimum atomic E-state index is 0.357. The van der Waals surface area contributed by atoms with Gasteiger partial charge in [0.05, 0.1) is 0 Å². The summed E-state index contributed by atoms with van der Waals surface area (Å²) >= 11 is 6.96. The minimum absolute atomic E-state index is 0.357. The predicted octanol–water partition coefficient (Wildman–Crippen LogP) is 5.12. The number of hydrogen-bond donors (Lipinski definition) is 1. The molecular weight excluding hydrogens is 340 g/mol. The van der Waals surface area contributed by atoms with Crippen LogP contribution in [0, 0.1) is 0 Å². The summed E-state index contributed by atoms with van der Waals surface area (Å²) in [6.07, 6.45) is 3.00. The van der Waals surface area contributed by atoms with Gasteiger partial charge in [0.25, 0.3) is 0 Å². The molecule has 0 aliphatic rings. The lowest BCUT2D eigenvalue weighted by molar-refractivity contribution is 0.563. The molecule has 102 valence electrons. The zero-order valence-corrected chi connectivity index (χ0v) is 14.2. The van der Waals surface area contributed by atoms with Crippen molar-refractivity contribution in [3.05, 3.63) is 39.8 Å². The Morgan fingerprint density at radius 3 is 3.00 bits per heavy atom. The molecule has 2 rings (SSSR count). The van der Waals surface area contributed by atoms with Crippen LogP contribution in [0.15, 0.2) is 43.5 Å². The van der Waals surface area contributed by atoms with E-state index in [2.05, 4.69) is 58.3 Å². The highest BCUT2D eigenvalue weighted by molar-refractivity contribution is 9.10. The van der Waals surface area contributed by atoms with Crippen molar-refractivity contribution in [2.45, 2.75) is 35.5 Å². The fourth-order valence-electron chi connectivity index (χ4n) is 1.78. The molecule has 0 radical (unpaired) electrons. The van der Waals surface area contributed by atoms with Gasteiger partial charge >= 0.3 is 0 Å². The Balaban J connectivity index is 2.22. The molecule has 0 bridgehead atoms. The Kier molecular flexibility index (Phi) is 5.88. The molecule has 1 unspecified atom stereocenters. The Morgan fingerprint density at radius 1 is 1.47 bits per heavy atom. The largest absolute Gasteiger partial charge is 0.310 e. The van der Waals surface area contributed by atoms with Crippen molar-refractivity contribution >= 4 is 39.0 Å². The molecule has 19 heavy (non-hydrogen) atoms. The lowest BCUT2D eigenvalue weighted by atomic mass is 10.1. The Hall–Kier alpha value is -0.360. The van der Waals surface area contributed by atoms with Crippen molar-refractivity contribution in [2.24, 2.45) is 0 Å². The van der Waals surface area contributed by atoms with Crippen molar-refractivity contribution in [3.8, 4) is 0 Å². The van der Waals surface area contributed by atoms with E-state index in [1.807, 2.05) is 11.6 Å². The van der Waals surface area contributed by atoms with Crippen LogP contribution in [0.25, 0.3) is 0 Å². The third-order valence-electron chi connectivity index (χ3n) is 2.75. The molecule has 1 aromatic carbocycles. The first-order valence-corrected chi connectivity index (χ1v) is 8.79.